The Morgan fingerprint density at radius 3 is 2.81 bits per heavy atom. The second-order valence-corrected chi connectivity index (χ2v) is 4.69. The first-order valence-corrected chi connectivity index (χ1v) is 5.37. The highest BCUT2D eigenvalue weighted by molar-refractivity contribution is 5.68. The van der Waals surface area contributed by atoms with Crippen LogP contribution in [0, 0.1) is 0 Å². The minimum absolute atomic E-state index is 0.152. The molecule has 0 aromatic heterocycles. The van der Waals surface area contributed by atoms with Gasteiger partial charge in [0.1, 0.15) is 12.2 Å². The Kier molecular flexibility index (Phi) is 4.52. The van der Waals surface area contributed by atoms with Crippen LogP contribution in [-0.2, 0) is 14.3 Å². The fourth-order valence-electron chi connectivity index (χ4n) is 1.44. The van der Waals surface area contributed by atoms with Crippen LogP contribution in [0.4, 0.5) is 4.79 Å². The van der Waals surface area contributed by atoms with Crippen molar-refractivity contribution in [1.29, 1.82) is 0 Å². The predicted molar refractivity (Wildman–Crippen MR) is 57.4 cm³/mol. The van der Waals surface area contributed by atoms with Crippen LogP contribution in [0.2, 0.25) is 0 Å². The Morgan fingerprint density at radius 2 is 2.25 bits per heavy atom. The first-order valence-electron chi connectivity index (χ1n) is 5.37. The minimum atomic E-state index is -0.511. The summed E-state index contributed by atoms with van der Waals surface area (Å²) in [6.07, 6.45) is -0.0526. The summed E-state index contributed by atoms with van der Waals surface area (Å²) in [5.74, 6) is 4.99. The third-order valence-electron chi connectivity index (χ3n) is 2.07. The molecule has 0 aromatic carbocycles. The van der Waals surface area contributed by atoms with E-state index < -0.39 is 17.9 Å². The molecule has 94 valence electrons. The Bertz CT molecular complexity index is 237. The normalized spacial score (nSPS) is 22.0. The highest BCUT2D eigenvalue weighted by atomic mass is 16.6. The molecule has 1 heterocycles. The zero-order valence-corrected chi connectivity index (χ0v) is 10.1. The number of hydrogen-bond acceptors (Lipinski definition) is 5. The quantitative estimate of drug-likeness (QED) is 0.715. The van der Waals surface area contributed by atoms with Crippen molar-refractivity contribution in [2.24, 2.45) is 5.90 Å². The van der Waals surface area contributed by atoms with E-state index in [-0.39, 0.29) is 6.61 Å². The van der Waals surface area contributed by atoms with Gasteiger partial charge in [0.15, 0.2) is 6.23 Å². The maximum absolute atomic E-state index is 11.8. The van der Waals surface area contributed by atoms with Crippen LogP contribution < -0.4 is 5.90 Å². The van der Waals surface area contributed by atoms with Crippen LogP contribution in [0.25, 0.3) is 0 Å². The summed E-state index contributed by atoms with van der Waals surface area (Å²) < 4.78 is 10.7. The van der Waals surface area contributed by atoms with Crippen molar-refractivity contribution in [1.82, 2.24) is 4.90 Å². The van der Waals surface area contributed by atoms with Crippen molar-refractivity contribution in [3.63, 3.8) is 0 Å². The van der Waals surface area contributed by atoms with E-state index in [0.717, 1.165) is 6.42 Å². The molecule has 2 N–H and O–H groups in total. The molecule has 0 radical (unpaired) electrons. The molecule has 1 atom stereocenters. The van der Waals surface area contributed by atoms with Crippen LogP contribution in [0.5, 0.6) is 0 Å². The summed E-state index contributed by atoms with van der Waals surface area (Å²) in [5, 5.41) is 0. The summed E-state index contributed by atoms with van der Waals surface area (Å²) in [6, 6.07) is 0. The number of nitrogens with zero attached hydrogens (tertiary/aromatic N) is 1. The summed E-state index contributed by atoms with van der Waals surface area (Å²) >= 11 is 0. The zero-order valence-electron chi connectivity index (χ0n) is 10.1. The van der Waals surface area contributed by atoms with E-state index in [9.17, 15) is 4.79 Å². The van der Waals surface area contributed by atoms with Gasteiger partial charge in [-0.1, -0.05) is 0 Å². The molecule has 0 saturated carbocycles. The summed E-state index contributed by atoms with van der Waals surface area (Å²) in [7, 11) is 0. The van der Waals surface area contributed by atoms with E-state index in [4.69, 9.17) is 15.4 Å². The number of amides is 1. The lowest BCUT2D eigenvalue weighted by Crippen LogP contribution is -2.50. The molecule has 0 unspecified atom stereocenters. The first-order chi connectivity index (χ1) is 7.44. The highest BCUT2D eigenvalue weighted by Crippen LogP contribution is 2.16. The molecule has 0 spiro atoms. The monoisotopic (exact) mass is 232 g/mol. The fraction of sp³-hybridized carbons (Fsp3) is 0.900. The molecule has 1 rings (SSSR count). The van der Waals surface area contributed by atoms with E-state index in [1.165, 1.54) is 4.90 Å². The molecule has 0 aromatic rings. The largest absolute Gasteiger partial charge is 0.444 e. The Morgan fingerprint density at radius 1 is 1.56 bits per heavy atom. The maximum Gasteiger partial charge on any atom is 0.412 e. The van der Waals surface area contributed by atoms with Gasteiger partial charge in [0, 0.05) is 6.54 Å². The number of carbonyl (C=O) groups excluding carboxylic acids is 1. The van der Waals surface area contributed by atoms with Crippen molar-refractivity contribution in [3.8, 4) is 0 Å². The molecule has 1 aliphatic rings. The van der Waals surface area contributed by atoms with E-state index in [2.05, 4.69) is 4.84 Å². The lowest BCUT2D eigenvalue weighted by molar-refractivity contribution is -0.126. The lowest BCUT2D eigenvalue weighted by atomic mass is 10.2. The van der Waals surface area contributed by atoms with E-state index in [1.807, 2.05) is 20.8 Å². The van der Waals surface area contributed by atoms with Crippen molar-refractivity contribution in [3.05, 3.63) is 0 Å². The Labute approximate surface area is 95.6 Å². The molecule has 0 bridgehead atoms. The van der Waals surface area contributed by atoms with Crippen LogP contribution in [0.15, 0.2) is 0 Å². The third kappa shape index (κ3) is 3.96. The van der Waals surface area contributed by atoms with Crippen molar-refractivity contribution in [2.45, 2.75) is 39.0 Å². The van der Waals surface area contributed by atoms with Crippen LogP contribution in [0.3, 0.4) is 0 Å². The molecule has 1 amide bonds. The van der Waals surface area contributed by atoms with E-state index >= 15 is 0 Å². The van der Waals surface area contributed by atoms with E-state index in [0.29, 0.717) is 13.2 Å². The molecule has 6 heteroatoms. The molecular formula is C10H20N2O4. The number of carbonyl (C=O) groups is 1. The molecule has 0 aliphatic carbocycles. The fourth-order valence-corrected chi connectivity index (χ4v) is 1.44. The third-order valence-corrected chi connectivity index (χ3v) is 2.07. The average Bonchev–Trinajstić information content (AvgIpc) is 2.16. The number of ether oxygens (including phenoxy) is 2. The van der Waals surface area contributed by atoms with Crippen molar-refractivity contribution < 1.29 is 19.1 Å². The standard InChI is InChI=1S/C10H20N2O4/c1-10(2,3)16-9(13)12-5-4-6-14-8(12)7-15-11/h8H,4-7,11H2,1-3H3/t8-/m1/s1. The summed E-state index contributed by atoms with van der Waals surface area (Å²) in [6.45, 7) is 6.83. The summed E-state index contributed by atoms with van der Waals surface area (Å²) in [5.41, 5.74) is -0.511. The highest BCUT2D eigenvalue weighted by Gasteiger charge is 2.31. The van der Waals surface area contributed by atoms with Gasteiger partial charge < -0.3 is 9.47 Å². The van der Waals surface area contributed by atoms with Gasteiger partial charge in [0.2, 0.25) is 0 Å². The molecule has 1 fully saturated rings. The molecule has 6 nitrogen and oxygen atoms in total. The van der Waals surface area contributed by atoms with Gasteiger partial charge >= 0.3 is 6.09 Å². The number of rotatable bonds is 2. The van der Waals surface area contributed by atoms with Gasteiger partial charge in [-0.2, -0.15) is 0 Å². The van der Waals surface area contributed by atoms with E-state index in [1.54, 1.807) is 0 Å². The van der Waals surface area contributed by atoms with Gasteiger partial charge in [0.25, 0.3) is 0 Å². The molecule has 1 aliphatic heterocycles. The molecule has 1 saturated heterocycles. The summed E-state index contributed by atoms with van der Waals surface area (Å²) in [4.78, 5) is 17.8. The second-order valence-electron chi connectivity index (χ2n) is 4.69. The SMILES string of the molecule is CC(C)(C)OC(=O)N1CCCO[C@@H]1CON. The first kappa shape index (κ1) is 13.2. The zero-order chi connectivity index (χ0) is 12.2. The number of hydrogen-bond donors (Lipinski definition) is 1. The smallest absolute Gasteiger partial charge is 0.412 e. The van der Waals surface area contributed by atoms with Crippen LogP contribution in [-0.4, -0.2) is 42.6 Å². The number of nitrogens with two attached hydrogens (primary N) is 1. The van der Waals surface area contributed by atoms with Gasteiger partial charge in [0.05, 0.1) is 6.61 Å². The average molecular weight is 232 g/mol. The van der Waals surface area contributed by atoms with Crippen molar-refractivity contribution in [2.75, 3.05) is 19.8 Å². The van der Waals surface area contributed by atoms with Gasteiger partial charge in [-0.05, 0) is 27.2 Å². The Hall–Kier alpha value is -0.850. The topological polar surface area (TPSA) is 74.0 Å². The minimum Gasteiger partial charge on any atom is -0.444 e. The van der Waals surface area contributed by atoms with Crippen molar-refractivity contribution >= 4 is 6.09 Å². The van der Waals surface area contributed by atoms with Gasteiger partial charge in [-0.15, -0.1) is 0 Å². The Balaban J connectivity index is 2.57. The predicted octanol–water partition coefficient (Wildman–Crippen LogP) is 0.860. The molecule has 16 heavy (non-hydrogen) atoms. The van der Waals surface area contributed by atoms with Gasteiger partial charge in [-0.25, -0.2) is 10.7 Å². The lowest BCUT2D eigenvalue weighted by Gasteiger charge is -2.35. The van der Waals surface area contributed by atoms with Gasteiger partial charge in [-0.3, -0.25) is 9.74 Å². The maximum atomic E-state index is 11.8. The molecular weight excluding hydrogens is 212 g/mol. The van der Waals surface area contributed by atoms with Crippen LogP contribution in [0.1, 0.15) is 27.2 Å². The second kappa shape index (κ2) is 5.47. The van der Waals surface area contributed by atoms with Crippen LogP contribution >= 0.6 is 0 Å².